The minimum Gasteiger partial charge on any atom is -0.468 e. The highest BCUT2D eigenvalue weighted by Gasteiger charge is 2.26. The van der Waals surface area contributed by atoms with Crippen LogP contribution in [0, 0.1) is 10.1 Å². The Morgan fingerprint density at radius 1 is 1.00 bits per heavy atom. The van der Waals surface area contributed by atoms with Crippen molar-refractivity contribution < 1.29 is 22.6 Å². The van der Waals surface area contributed by atoms with Crippen LogP contribution in [-0.2, 0) is 16.6 Å². The molecule has 1 aliphatic heterocycles. The Bertz CT molecular complexity index is 1230. The number of hydrogen-bond acceptors (Lipinski definition) is 7. The summed E-state index contributed by atoms with van der Waals surface area (Å²) in [6.45, 7) is 1.74. The molecule has 1 N–H and O–H groups in total. The number of piperazine rings is 1. The van der Waals surface area contributed by atoms with E-state index in [0.29, 0.717) is 43.2 Å². The van der Waals surface area contributed by atoms with Gasteiger partial charge < -0.3 is 14.2 Å². The summed E-state index contributed by atoms with van der Waals surface area (Å²) < 4.78 is 32.5. The van der Waals surface area contributed by atoms with Crippen molar-refractivity contribution in [3.05, 3.63) is 88.4 Å². The molecule has 1 fully saturated rings. The largest absolute Gasteiger partial charge is 0.468 e. The monoisotopic (exact) mass is 470 g/mol. The standard InChI is InChI=1S/C22H22N4O6S/c27-22(25-13-11-24(12-14-25)20-5-1-2-6-21(20)26(28)29)17-7-9-19(10-8-17)33(30,31)23-16-18-4-3-15-32-18/h1-10,15,23H,11-14,16H2. The molecule has 0 atom stereocenters. The number of anilines is 1. The summed E-state index contributed by atoms with van der Waals surface area (Å²) in [5.74, 6) is 0.273. The second-order valence-electron chi connectivity index (χ2n) is 7.45. The van der Waals surface area contributed by atoms with E-state index < -0.39 is 14.9 Å². The highest BCUT2D eigenvalue weighted by molar-refractivity contribution is 7.89. The molecule has 4 rings (SSSR count). The number of rotatable bonds is 7. The third-order valence-corrected chi connectivity index (χ3v) is 6.83. The van der Waals surface area contributed by atoms with E-state index in [9.17, 15) is 23.3 Å². The van der Waals surface area contributed by atoms with Gasteiger partial charge in [-0.1, -0.05) is 12.1 Å². The number of amides is 1. The number of benzene rings is 2. The zero-order valence-corrected chi connectivity index (χ0v) is 18.4. The number of furan rings is 1. The van der Waals surface area contributed by atoms with Gasteiger partial charge in [0.25, 0.3) is 11.6 Å². The number of para-hydroxylation sites is 2. The van der Waals surface area contributed by atoms with E-state index in [0.717, 1.165) is 0 Å². The molecule has 11 heteroatoms. The molecule has 1 aliphatic rings. The molecule has 1 aromatic heterocycles. The molecule has 1 amide bonds. The molecule has 33 heavy (non-hydrogen) atoms. The van der Waals surface area contributed by atoms with Gasteiger partial charge in [0.1, 0.15) is 11.4 Å². The summed E-state index contributed by atoms with van der Waals surface area (Å²) >= 11 is 0. The first-order valence-electron chi connectivity index (χ1n) is 10.2. The molecule has 0 radical (unpaired) electrons. The molecule has 2 aromatic carbocycles. The molecule has 172 valence electrons. The lowest BCUT2D eigenvalue weighted by atomic mass is 10.1. The number of nitrogens with zero attached hydrogens (tertiary/aromatic N) is 3. The summed E-state index contributed by atoms with van der Waals surface area (Å²) in [7, 11) is -3.75. The first-order chi connectivity index (χ1) is 15.8. The topological polar surface area (TPSA) is 126 Å². The van der Waals surface area contributed by atoms with Crippen LogP contribution >= 0.6 is 0 Å². The fourth-order valence-corrected chi connectivity index (χ4v) is 4.65. The van der Waals surface area contributed by atoms with Gasteiger partial charge >= 0.3 is 0 Å². The van der Waals surface area contributed by atoms with E-state index in [1.54, 1.807) is 35.2 Å². The maximum atomic E-state index is 12.9. The second-order valence-corrected chi connectivity index (χ2v) is 9.22. The second kappa shape index (κ2) is 9.43. The van der Waals surface area contributed by atoms with E-state index in [1.807, 2.05) is 4.90 Å². The number of sulfonamides is 1. The van der Waals surface area contributed by atoms with Crippen molar-refractivity contribution in [1.82, 2.24) is 9.62 Å². The van der Waals surface area contributed by atoms with Crippen LogP contribution in [-0.4, -0.2) is 50.3 Å². The summed E-state index contributed by atoms with van der Waals surface area (Å²) in [6, 6.07) is 15.6. The van der Waals surface area contributed by atoms with Gasteiger partial charge in [-0.15, -0.1) is 0 Å². The summed E-state index contributed by atoms with van der Waals surface area (Å²) in [5.41, 5.74) is 0.945. The van der Waals surface area contributed by atoms with Gasteiger partial charge in [0, 0.05) is 37.8 Å². The molecule has 0 saturated carbocycles. The van der Waals surface area contributed by atoms with Gasteiger partial charge in [0.2, 0.25) is 10.0 Å². The number of nitrogens with one attached hydrogen (secondary N) is 1. The fourth-order valence-electron chi connectivity index (χ4n) is 3.66. The van der Waals surface area contributed by atoms with Gasteiger partial charge in [-0.05, 0) is 42.5 Å². The first kappa shape index (κ1) is 22.5. The predicted molar refractivity (Wildman–Crippen MR) is 120 cm³/mol. The SMILES string of the molecule is O=C(c1ccc(S(=O)(=O)NCc2ccco2)cc1)N1CCN(c2ccccc2[N+](=O)[O-])CC1. The zero-order chi connectivity index (χ0) is 23.4. The lowest BCUT2D eigenvalue weighted by Gasteiger charge is -2.35. The van der Waals surface area contributed by atoms with Gasteiger partial charge in [-0.2, -0.15) is 0 Å². The van der Waals surface area contributed by atoms with Crippen molar-refractivity contribution >= 4 is 27.3 Å². The molecule has 0 aliphatic carbocycles. The Morgan fingerprint density at radius 3 is 2.33 bits per heavy atom. The van der Waals surface area contributed by atoms with E-state index in [2.05, 4.69) is 4.72 Å². The quantitative estimate of drug-likeness (QED) is 0.415. The van der Waals surface area contributed by atoms with Gasteiger partial charge in [-0.3, -0.25) is 14.9 Å². The minimum atomic E-state index is -3.75. The summed E-state index contributed by atoms with van der Waals surface area (Å²) in [6.07, 6.45) is 1.46. The molecule has 3 aromatic rings. The third kappa shape index (κ3) is 5.04. The first-order valence-corrected chi connectivity index (χ1v) is 11.7. The van der Waals surface area contributed by atoms with Gasteiger partial charge in [-0.25, -0.2) is 13.1 Å². The molecular formula is C22H22N4O6S. The van der Waals surface area contributed by atoms with Crippen molar-refractivity contribution in [2.45, 2.75) is 11.4 Å². The van der Waals surface area contributed by atoms with Crippen LogP contribution in [0.3, 0.4) is 0 Å². The van der Waals surface area contributed by atoms with E-state index in [4.69, 9.17) is 4.42 Å². The smallest absolute Gasteiger partial charge is 0.292 e. The van der Waals surface area contributed by atoms with Crippen LogP contribution in [0.15, 0.2) is 76.2 Å². The number of nitro groups is 1. The molecule has 2 heterocycles. The van der Waals surface area contributed by atoms with E-state index in [1.165, 1.54) is 36.6 Å². The Balaban J connectivity index is 1.38. The molecular weight excluding hydrogens is 448 g/mol. The maximum absolute atomic E-state index is 12.9. The van der Waals surface area contributed by atoms with Crippen LogP contribution in [0.25, 0.3) is 0 Å². The fraction of sp³-hybridized carbons (Fsp3) is 0.227. The van der Waals surface area contributed by atoms with Crippen LogP contribution in [0.1, 0.15) is 16.1 Å². The van der Waals surface area contributed by atoms with Gasteiger partial charge in [0.05, 0.1) is 22.6 Å². The maximum Gasteiger partial charge on any atom is 0.292 e. The van der Waals surface area contributed by atoms with Crippen molar-refractivity contribution in [2.75, 3.05) is 31.1 Å². The minimum absolute atomic E-state index is 0.0276. The number of carbonyl (C=O) groups excluding carboxylic acids is 1. The normalized spacial score (nSPS) is 14.3. The molecule has 10 nitrogen and oxygen atoms in total. The molecule has 0 spiro atoms. The van der Waals surface area contributed by atoms with Crippen LogP contribution in [0.5, 0.6) is 0 Å². The van der Waals surface area contributed by atoms with Crippen molar-refractivity contribution in [1.29, 1.82) is 0 Å². The predicted octanol–water partition coefficient (Wildman–Crippen LogP) is 2.63. The lowest BCUT2D eigenvalue weighted by molar-refractivity contribution is -0.384. The number of nitro benzene ring substituents is 1. The molecule has 1 saturated heterocycles. The number of carbonyl (C=O) groups is 1. The molecule has 0 bridgehead atoms. The average molecular weight is 471 g/mol. The molecule has 0 unspecified atom stereocenters. The summed E-state index contributed by atoms with van der Waals surface area (Å²) in [4.78, 5) is 27.4. The highest BCUT2D eigenvalue weighted by Crippen LogP contribution is 2.28. The average Bonchev–Trinajstić information content (AvgIpc) is 3.36. The summed E-state index contributed by atoms with van der Waals surface area (Å²) in [5, 5.41) is 11.3. The van der Waals surface area contributed by atoms with E-state index >= 15 is 0 Å². The Kier molecular flexibility index (Phi) is 6.43. The highest BCUT2D eigenvalue weighted by atomic mass is 32.2. The van der Waals surface area contributed by atoms with Crippen LogP contribution in [0.2, 0.25) is 0 Å². The van der Waals surface area contributed by atoms with Gasteiger partial charge in [0.15, 0.2) is 0 Å². The zero-order valence-electron chi connectivity index (χ0n) is 17.6. The third-order valence-electron chi connectivity index (χ3n) is 5.41. The van der Waals surface area contributed by atoms with Crippen LogP contribution < -0.4 is 9.62 Å². The Labute approximate surface area is 190 Å². The lowest BCUT2D eigenvalue weighted by Crippen LogP contribution is -2.49. The number of hydrogen-bond donors (Lipinski definition) is 1. The van der Waals surface area contributed by atoms with Crippen molar-refractivity contribution in [3.63, 3.8) is 0 Å². The van der Waals surface area contributed by atoms with E-state index in [-0.39, 0.29) is 23.0 Å². The Hall–Kier alpha value is -3.70. The van der Waals surface area contributed by atoms with Crippen molar-refractivity contribution in [2.24, 2.45) is 0 Å². The Morgan fingerprint density at radius 2 is 1.70 bits per heavy atom. The van der Waals surface area contributed by atoms with Crippen LogP contribution in [0.4, 0.5) is 11.4 Å². The van der Waals surface area contributed by atoms with Crippen molar-refractivity contribution in [3.8, 4) is 0 Å².